The number of rotatable bonds is 4. The number of pyridine rings is 1. The molecule has 1 fully saturated rings. The van der Waals surface area contributed by atoms with Crippen LogP contribution in [-0.2, 0) is 0 Å². The van der Waals surface area contributed by atoms with Crippen LogP contribution in [0.3, 0.4) is 0 Å². The molecule has 4 heteroatoms. The van der Waals surface area contributed by atoms with E-state index in [1.54, 1.807) is 25.4 Å². The van der Waals surface area contributed by atoms with E-state index < -0.39 is 0 Å². The number of nitrogens with one attached hydrogen (secondary N) is 2. The van der Waals surface area contributed by atoms with Crippen LogP contribution in [0.5, 0.6) is 0 Å². The van der Waals surface area contributed by atoms with E-state index in [1.165, 1.54) is 5.56 Å². The van der Waals surface area contributed by atoms with Crippen LogP contribution in [0, 0.1) is 0 Å². The van der Waals surface area contributed by atoms with Crippen LogP contribution in [0.1, 0.15) is 28.3 Å². The van der Waals surface area contributed by atoms with Gasteiger partial charge in [0.05, 0.1) is 0 Å². The number of amides is 1. The summed E-state index contributed by atoms with van der Waals surface area (Å²) in [6.45, 7) is 0. The Hall–Kier alpha value is -2.36. The van der Waals surface area contributed by atoms with Crippen molar-refractivity contribution in [3.8, 4) is 0 Å². The van der Waals surface area contributed by atoms with Crippen molar-refractivity contribution in [1.29, 1.82) is 0 Å². The number of anilines is 1. The third kappa shape index (κ3) is 2.64. The molecular weight excluding hydrogens is 250 g/mol. The molecule has 2 atom stereocenters. The number of aromatic nitrogens is 1. The molecule has 1 aromatic heterocycles. The number of hydrogen-bond acceptors (Lipinski definition) is 3. The second-order valence-corrected chi connectivity index (χ2v) is 5.01. The number of carbonyl (C=O) groups is 1. The van der Waals surface area contributed by atoms with Gasteiger partial charge in [-0.1, -0.05) is 30.3 Å². The molecule has 1 heterocycles. The smallest absolute Gasteiger partial charge is 0.251 e. The average molecular weight is 267 g/mol. The molecule has 20 heavy (non-hydrogen) atoms. The van der Waals surface area contributed by atoms with Crippen molar-refractivity contribution in [2.75, 3.05) is 12.4 Å². The minimum absolute atomic E-state index is 0.0349. The molecular formula is C16H17N3O. The van der Waals surface area contributed by atoms with Gasteiger partial charge >= 0.3 is 0 Å². The van der Waals surface area contributed by atoms with Gasteiger partial charge in [0, 0.05) is 30.8 Å². The number of carbonyl (C=O) groups excluding carboxylic acids is 1. The Bertz CT molecular complexity index is 612. The molecule has 3 rings (SSSR count). The van der Waals surface area contributed by atoms with E-state index in [2.05, 4.69) is 27.8 Å². The molecule has 0 saturated heterocycles. The van der Waals surface area contributed by atoms with Crippen molar-refractivity contribution >= 4 is 11.7 Å². The molecule has 102 valence electrons. The minimum atomic E-state index is -0.0349. The summed E-state index contributed by atoms with van der Waals surface area (Å²) >= 11 is 0. The summed E-state index contributed by atoms with van der Waals surface area (Å²) in [5.41, 5.74) is 1.94. The normalized spacial score (nSPS) is 20.2. The molecule has 2 unspecified atom stereocenters. The van der Waals surface area contributed by atoms with Gasteiger partial charge in [-0.05, 0) is 24.1 Å². The van der Waals surface area contributed by atoms with Crippen molar-refractivity contribution in [1.82, 2.24) is 10.3 Å². The molecule has 0 radical (unpaired) electrons. The summed E-state index contributed by atoms with van der Waals surface area (Å²) in [6.07, 6.45) is 2.65. The van der Waals surface area contributed by atoms with Gasteiger partial charge < -0.3 is 10.6 Å². The number of hydrogen-bond donors (Lipinski definition) is 2. The molecule has 1 aliphatic carbocycles. The van der Waals surface area contributed by atoms with Crippen LogP contribution in [0.25, 0.3) is 0 Å². The molecule has 1 aromatic carbocycles. The summed E-state index contributed by atoms with van der Waals surface area (Å²) in [4.78, 5) is 16.3. The Balaban J connectivity index is 1.63. The molecule has 1 amide bonds. The maximum Gasteiger partial charge on any atom is 0.251 e. The molecule has 2 N–H and O–H groups in total. The predicted molar refractivity (Wildman–Crippen MR) is 78.8 cm³/mol. The Labute approximate surface area is 118 Å². The topological polar surface area (TPSA) is 54.0 Å². The molecule has 0 spiro atoms. The lowest BCUT2D eigenvalue weighted by atomic mass is 10.1. The zero-order valence-electron chi connectivity index (χ0n) is 11.3. The first kappa shape index (κ1) is 12.7. The van der Waals surface area contributed by atoms with Crippen LogP contribution in [0.4, 0.5) is 5.82 Å². The van der Waals surface area contributed by atoms with Gasteiger partial charge in [-0.2, -0.15) is 0 Å². The molecule has 0 aliphatic heterocycles. The van der Waals surface area contributed by atoms with Crippen molar-refractivity contribution in [2.24, 2.45) is 0 Å². The maximum absolute atomic E-state index is 12.2. The molecule has 2 aromatic rings. The van der Waals surface area contributed by atoms with Gasteiger partial charge in [-0.25, -0.2) is 4.98 Å². The first-order valence-corrected chi connectivity index (χ1v) is 6.77. The van der Waals surface area contributed by atoms with Gasteiger partial charge in [-0.15, -0.1) is 0 Å². The van der Waals surface area contributed by atoms with Crippen molar-refractivity contribution in [3.63, 3.8) is 0 Å². The largest absolute Gasteiger partial charge is 0.373 e. The Morgan fingerprint density at radius 1 is 1.25 bits per heavy atom. The van der Waals surface area contributed by atoms with Crippen LogP contribution in [0.2, 0.25) is 0 Å². The van der Waals surface area contributed by atoms with E-state index >= 15 is 0 Å². The van der Waals surface area contributed by atoms with Crippen molar-refractivity contribution in [2.45, 2.75) is 18.4 Å². The molecule has 1 aliphatic rings. The highest BCUT2D eigenvalue weighted by Crippen LogP contribution is 2.40. The predicted octanol–water partition coefficient (Wildman–Crippen LogP) is 2.41. The third-order valence-corrected chi connectivity index (χ3v) is 3.61. The highest BCUT2D eigenvalue weighted by atomic mass is 16.1. The van der Waals surface area contributed by atoms with E-state index in [-0.39, 0.29) is 11.9 Å². The van der Waals surface area contributed by atoms with Gasteiger partial charge in [0.25, 0.3) is 5.91 Å². The van der Waals surface area contributed by atoms with Crippen LogP contribution < -0.4 is 10.6 Å². The average Bonchev–Trinajstić information content (AvgIpc) is 3.27. The van der Waals surface area contributed by atoms with Crippen LogP contribution in [0.15, 0.2) is 48.7 Å². The molecule has 0 bridgehead atoms. The van der Waals surface area contributed by atoms with E-state index in [1.807, 2.05) is 18.2 Å². The van der Waals surface area contributed by atoms with Gasteiger partial charge in [0.1, 0.15) is 5.82 Å². The first-order chi connectivity index (χ1) is 9.78. The molecule has 4 nitrogen and oxygen atoms in total. The monoisotopic (exact) mass is 267 g/mol. The lowest BCUT2D eigenvalue weighted by Gasteiger charge is -2.06. The zero-order valence-corrected chi connectivity index (χ0v) is 11.3. The van der Waals surface area contributed by atoms with Crippen LogP contribution in [-0.4, -0.2) is 24.0 Å². The van der Waals surface area contributed by atoms with E-state index in [0.717, 1.165) is 6.42 Å². The van der Waals surface area contributed by atoms with E-state index in [0.29, 0.717) is 17.3 Å². The van der Waals surface area contributed by atoms with Gasteiger partial charge in [0.2, 0.25) is 0 Å². The summed E-state index contributed by atoms with van der Waals surface area (Å²) in [6, 6.07) is 14.0. The summed E-state index contributed by atoms with van der Waals surface area (Å²) in [7, 11) is 1.79. The zero-order chi connectivity index (χ0) is 13.9. The number of benzene rings is 1. The fourth-order valence-electron chi connectivity index (χ4n) is 2.38. The van der Waals surface area contributed by atoms with E-state index in [4.69, 9.17) is 0 Å². The number of nitrogens with zero attached hydrogens (tertiary/aromatic N) is 1. The lowest BCUT2D eigenvalue weighted by molar-refractivity contribution is 0.0950. The maximum atomic E-state index is 12.2. The quantitative estimate of drug-likeness (QED) is 0.894. The summed E-state index contributed by atoms with van der Waals surface area (Å²) < 4.78 is 0. The van der Waals surface area contributed by atoms with E-state index in [9.17, 15) is 4.79 Å². The highest BCUT2D eigenvalue weighted by molar-refractivity contribution is 5.95. The van der Waals surface area contributed by atoms with Gasteiger partial charge in [0.15, 0.2) is 0 Å². The second-order valence-electron chi connectivity index (χ2n) is 5.01. The van der Waals surface area contributed by atoms with Gasteiger partial charge in [-0.3, -0.25) is 4.79 Å². The Kier molecular flexibility index (Phi) is 3.37. The molecule has 1 saturated carbocycles. The van der Waals surface area contributed by atoms with Crippen LogP contribution >= 0.6 is 0 Å². The highest BCUT2D eigenvalue weighted by Gasteiger charge is 2.39. The third-order valence-electron chi connectivity index (χ3n) is 3.61. The Morgan fingerprint density at radius 2 is 2.05 bits per heavy atom. The standard InChI is InChI=1S/C16H17N3O/c1-17-15-9-12(7-8-18-15)16(20)19-14-10-13(14)11-5-3-2-4-6-11/h2-9,13-14H,10H2,1H3,(H,17,18)(H,19,20). The fraction of sp³-hybridized carbons (Fsp3) is 0.250. The van der Waals surface area contributed by atoms with Crippen molar-refractivity contribution in [3.05, 3.63) is 59.8 Å². The summed E-state index contributed by atoms with van der Waals surface area (Å²) in [5.74, 6) is 1.12. The minimum Gasteiger partial charge on any atom is -0.373 e. The fourth-order valence-corrected chi connectivity index (χ4v) is 2.38. The second kappa shape index (κ2) is 5.33. The SMILES string of the molecule is CNc1cc(C(=O)NC2CC2c2ccccc2)ccn1. The van der Waals surface area contributed by atoms with Crippen molar-refractivity contribution < 1.29 is 4.79 Å². The lowest BCUT2D eigenvalue weighted by Crippen LogP contribution is -2.26. The Morgan fingerprint density at radius 3 is 2.80 bits per heavy atom. The first-order valence-electron chi connectivity index (χ1n) is 6.77. The summed E-state index contributed by atoms with van der Waals surface area (Å²) in [5, 5.41) is 6.01.